The number of benzene rings is 2. The highest BCUT2D eigenvalue weighted by atomic mass is 35.5. The predicted molar refractivity (Wildman–Crippen MR) is 149 cm³/mol. The summed E-state index contributed by atoms with van der Waals surface area (Å²) in [5.41, 5.74) is 4.93. The molecule has 0 atom stereocenters. The van der Waals surface area contributed by atoms with Crippen molar-refractivity contribution in [3.63, 3.8) is 0 Å². The monoisotopic (exact) mass is 528 g/mol. The number of hydrogen-bond donors (Lipinski definition) is 1. The molecule has 1 fully saturated rings. The van der Waals surface area contributed by atoms with Gasteiger partial charge in [0.2, 0.25) is 0 Å². The number of aliphatic hydroxyl groups excluding tert-OH is 1. The molecule has 2 aliphatic heterocycles. The van der Waals surface area contributed by atoms with E-state index in [1.54, 1.807) is 11.6 Å². The van der Waals surface area contributed by atoms with Crippen LogP contribution in [0.1, 0.15) is 56.0 Å². The second kappa shape index (κ2) is 14.3. The first kappa shape index (κ1) is 28.8. The molecule has 0 bridgehead atoms. The normalized spacial score (nSPS) is 15.6. The van der Waals surface area contributed by atoms with Gasteiger partial charge in [-0.15, -0.1) is 12.4 Å². The van der Waals surface area contributed by atoms with Crippen LogP contribution in [0.15, 0.2) is 65.0 Å². The van der Waals surface area contributed by atoms with Crippen LogP contribution in [-0.2, 0) is 19.5 Å². The topological polar surface area (TPSA) is 63.3 Å². The van der Waals surface area contributed by atoms with E-state index in [0.29, 0.717) is 6.54 Å². The molecule has 1 N–H and O–H groups in total. The average molecular weight is 529 g/mol. The van der Waals surface area contributed by atoms with Crippen molar-refractivity contribution in [1.82, 2.24) is 19.2 Å². The molecule has 8 heteroatoms. The fraction of sp³-hybridized carbons (Fsp3) is 0.448. The first-order chi connectivity index (χ1) is 17.6. The van der Waals surface area contributed by atoms with E-state index in [2.05, 4.69) is 34.3 Å². The number of rotatable bonds is 5. The Morgan fingerprint density at radius 2 is 1.54 bits per heavy atom. The lowest BCUT2D eigenvalue weighted by molar-refractivity contribution is 0.241. The van der Waals surface area contributed by atoms with Gasteiger partial charge in [0.05, 0.1) is 6.54 Å². The molecular weight excluding hydrogens is 491 g/mol. The smallest absolute Gasteiger partial charge is 0.345 e. The van der Waals surface area contributed by atoms with Crippen LogP contribution in [0.4, 0.5) is 4.39 Å². The minimum atomic E-state index is -0.210. The van der Waals surface area contributed by atoms with Gasteiger partial charge in [-0.2, -0.15) is 5.10 Å². The molecule has 2 aromatic carbocycles. The standard InChI is InChI=1S/C27H31FN4O.C2H6O.ClH/c28-24-12-10-22(11-13-24)26(21-7-3-1-4-8-21)23-14-17-30(18-15-23)19-20-32-27(33)31-16-6-2-5-9-25(31)29-32;1-2-3;/h1,3-4,7-8,10-13H,2,5-6,9,14-20H2;3H,2H2,1H3;1H. The molecule has 1 aromatic heterocycles. The van der Waals surface area contributed by atoms with Crippen molar-refractivity contribution in [3.05, 3.63) is 93.4 Å². The Balaban J connectivity index is 0.000000908. The summed E-state index contributed by atoms with van der Waals surface area (Å²) in [6.45, 7) is 6.12. The first-order valence-electron chi connectivity index (χ1n) is 13.1. The molecule has 0 radical (unpaired) electrons. The minimum Gasteiger partial charge on any atom is -0.397 e. The maximum absolute atomic E-state index is 13.5. The van der Waals surface area contributed by atoms with E-state index in [-0.39, 0.29) is 30.5 Å². The molecule has 0 spiro atoms. The van der Waals surface area contributed by atoms with Crippen molar-refractivity contribution in [2.24, 2.45) is 0 Å². The van der Waals surface area contributed by atoms with Crippen molar-refractivity contribution in [3.8, 4) is 0 Å². The second-order valence-electron chi connectivity index (χ2n) is 9.39. The molecule has 0 amide bonds. The molecule has 200 valence electrons. The van der Waals surface area contributed by atoms with E-state index in [1.807, 2.05) is 22.8 Å². The van der Waals surface area contributed by atoms with Crippen LogP contribution < -0.4 is 5.69 Å². The lowest BCUT2D eigenvalue weighted by Crippen LogP contribution is -2.36. The van der Waals surface area contributed by atoms with Crippen molar-refractivity contribution in [2.45, 2.75) is 58.5 Å². The zero-order valence-corrected chi connectivity index (χ0v) is 22.4. The quantitative estimate of drug-likeness (QED) is 0.510. The van der Waals surface area contributed by atoms with E-state index < -0.39 is 0 Å². The van der Waals surface area contributed by atoms with Crippen LogP contribution in [-0.4, -0.2) is 50.6 Å². The summed E-state index contributed by atoms with van der Waals surface area (Å²) < 4.78 is 17.1. The Morgan fingerprint density at radius 3 is 2.22 bits per heavy atom. The van der Waals surface area contributed by atoms with E-state index in [1.165, 1.54) is 35.3 Å². The van der Waals surface area contributed by atoms with Gasteiger partial charge in [-0.25, -0.2) is 13.9 Å². The summed E-state index contributed by atoms with van der Waals surface area (Å²) in [7, 11) is 0. The number of hydrogen-bond acceptors (Lipinski definition) is 4. The molecule has 3 heterocycles. The zero-order valence-electron chi connectivity index (χ0n) is 21.6. The molecule has 5 rings (SSSR count). The highest BCUT2D eigenvalue weighted by Crippen LogP contribution is 2.32. The van der Waals surface area contributed by atoms with Crippen LogP contribution in [0.3, 0.4) is 0 Å². The van der Waals surface area contributed by atoms with Crippen LogP contribution in [0.25, 0.3) is 5.57 Å². The van der Waals surface area contributed by atoms with Crippen LogP contribution in [0.2, 0.25) is 0 Å². The van der Waals surface area contributed by atoms with Gasteiger partial charge >= 0.3 is 5.69 Å². The molecule has 0 aliphatic carbocycles. The van der Waals surface area contributed by atoms with Crippen molar-refractivity contribution in [1.29, 1.82) is 0 Å². The van der Waals surface area contributed by atoms with E-state index >= 15 is 0 Å². The number of piperidine rings is 1. The molecular formula is C29H38ClFN4O2. The Kier molecular flexibility index (Phi) is 11.1. The maximum Gasteiger partial charge on any atom is 0.345 e. The third-order valence-corrected chi connectivity index (χ3v) is 6.92. The number of nitrogens with zero attached hydrogens (tertiary/aromatic N) is 4. The molecule has 0 unspecified atom stereocenters. The molecule has 37 heavy (non-hydrogen) atoms. The number of likely N-dealkylation sites (tertiary alicyclic amines) is 1. The average Bonchev–Trinajstić information content (AvgIpc) is 3.05. The van der Waals surface area contributed by atoms with Gasteiger partial charge in [0.1, 0.15) is 11.6 Å². The first-order valence-corrected chi connectivity index (χ1v) is 13.1. The SMILES string of the molecule is CCO.Cl.O=c1n(CCN2CCC(=C(c3ccccc3)c3ccc(F)cc3)CC2)nc2n1CCCCC2. The maximum atomic E-state index is 13.5. The van der Waals surface area contributed by atoms with Crippen LogP contribution in [0, 0.1) is 5.82 Å². The van der Waals surface area contributed by atoms with E-state index in [9.17, 15) is 9.18 Å². The lowest BCUT2D eigenvalue weighted by atomic mass is 9.88. The summed E-state index contributed by atoms with van der Waals surface area (Å²) in [6, 6.07) is 17.2. The Morgan fingerprint density at radius 1 is 0.892 bits per heavy atom. The Labute approximate surface area is 224 Å². The summed E-state index contributed by atoms with van der Waals surface area (Å²) in [4.78, 5) is 15.2. The third kappa shape index (κ3) is 7.40. The Hall–Kier alpha value is -2.74. The zero-order chi connectivity index (χ0) is 25.3. The number of aliphatic hydroxyl groups is 1. The molecule has 2 aliphatic rings. The third-order valence-electron chi connectivity index (χ3n) is 6.92. The fourth-order valence-electron chi connectivity index (χ4n) is 5.10. The number of aryl methyl sites for hydroxylation is 1. The highest BCUT2D eigenvalue weighted by molar-refractivity contribution is 5.85. The van der Waals surface area contributed by atoms with E-state index in [0.717, 1.165) is 69.7 Å². The molecule has 0 saturated carbocycles. The molecule has 3 aromatic rings. The number of fused-ring (bicyclic) bond motifs is 1. The summed E-state index contributed by atoms with van der Waals surface area (Å²) >= 11 is 0. The Bertz CT molecular complexity index is 1190. The van der Waals surface area contributed by atoms with E-state index in [4.69, 9.17) is 5.11 Å². The molecule has 1 saturated heterocycles. The number of aromatic nitrogens is 3. The van der Waals surface area contributed by atoms with Crippen molar-refractivity contribution in [2.75, 3.05) is 26.2 Å². The van der Waals surface area contributed by atoms with Crippen LogP contribution >= 0.6 is 12.4 Å². The van der Waals surface area contributed by atoms with Gasteiger partial charge in [0.25, 0.3) is 0 Å². The second-order valence-corrected chi connectivity index (χ2v) is 9.39. The minimum absolute atomic E-state index is 0. The lowest BCUT2D eigenvalue weighted by Gasteiger charge is -2.30. The van der Waals surface area contributed by atoms with Gasteiger partial charge in [0.15, 0.2) is 0 Å². The predicted octanol–water partition coefficient (Wildman–Crippen LogP) is 4.93. The van der Waals surface area contributed by atoms with Crippen molar-refractivity contribution < 1.29 is 9.50 Å². The fourth-order valence-corrected chi connectivity index (χ4v) is 5.10. The van der Waals surface area contributed by atoms with Crippen LogP contribution in [0.5, 0.6) is 0 Å². The van der Waals surface area contributed by atoms with Gasteiger partial charge in [0, 0.05) is 39.2 Å². The summed E-state index contributed by atoms with van der Waals surface area (Å²) in [6.07, 6.45) is 6.21. The van der Waals surface area contributed by atoms with Gasteiger partial charge < -0.3 is 10.0 Å². The summed E-state index contributed by atoms with van der Waals surface area (Å²) in [5, 5.41) is 12.2. The molecule has 6 nitrogen and oxygen atoms in total. The number of halogens is 2. The summed E-state index contributed by atoms with van der Waals surface area (Å²) in [5.74, 6) is 0.742. The highest BCUT2D eigenvalue weighted by Gasteiger charge is 2.20. The van der Waals surface area contributed by atoms with Crippen molar-refractivity contribution >= 4 is 18.0 Å². The van der Waals surface area contributed by atoms with Gasteiger partial charge in [-0.3, -0.25) is 4.57 Å². The largest absolute Gasteiger partial charge is 0.397 e. The van der Waals surface area contributed by atoms with Gasteiger partial charge in [-0.05, 0) is 61.4 Å². The van der Waals surface area contributed by atoms with Gasteiger partial charge in [-0.1, -0.05) is 54.5 Å².